The molecule has 0 radical (unpaired) electrons. The molecule has 1 aliphatic rings. The summed E-state index contributed by atoms with van der Waals surface area (Å²) in [6.07, 6.45) is 3.36. The van der Waals surface area contributed by atoms with Crippen molar-refractivity contribution in [2.45, 2.75) is 43.8 Å². The van der Waals surface area contributed by atoms with Crippen LogP contribution in [0.2, 0.25) is 0 Å². The average Bonchev–Trinajstić information content (AvgIpc) is 3.16. The van der Waals surface area contributed by atoms with E-state index in [1.165, 1.54) is 11.1 Å². The Morgan fingerprint density at radius 3 is 2.43 bits per heavy atom. The molecular weight excluding hydrogens is 310 g/mol. The zero-order chi connectivity index (χ0) is 15.0. The van der Waals surface area contributed by atoms with Gasteiger partial charge in [0.1, 0.15) is 5.82 Å². The highest BCUT2D eigenvalue weighted by Gasteiger charge is 2.33. The van der Waals surface area contributed by atoms with Gasteiger partial charge in [0.15, 0.2) is 0 Å². The normalized spacial score (nSPS) is 15.3. The Morgan fingerprint density at radius 1 is 1.19 bits per heavy atom. The van der Waals surface area contributed by atoms with Crippen LogP contribution >= 0.6 is 10.7 Å². The second-order valence-electron chi connectivity index (χ2n) is 5.42. The van der Waals surface area contributed by atoms with Crippen molar-refractivity contribution >= 4 is 19.7 Å². The molecule has 3 rings (SSSR count). The fraction of sp³-hybridized carbons (Fsp3) is 0.429. The molecule has 1 fully saturated rings. The fourth-order valence-corrected chi connectivity index (χ4v) is 3.30. The molecule has 0 N–H and O–H groups in total. The summed E-state index contributed by atoms with van der Waals surface area (Å²) >= 11 is 0. The van der Waals surface area contributed by atoms with Crippen molar-refractivity contribution in [3.05, 3.63) is 41.2 Å². The van der Waals surface area contributed by atoms with E-state index in [0.717, 1.165) is 19.3 Å². The van der Waals surface area contributed by atoms with Gasteiger partial charge in [0.25, 0.3) is 14.2 Å². The number of rotatable bonds is 5. The van der Waals surface area contributed by atoms with Gasteiger partial charge in [-0.25, -0.2) is 8.42 Å². The van der Waals surface area contributed by atoms with Gasteiger partial charge in [0, 0.05) is 23.1 Å². The van der Waals surface area contributed by atoms with Gasteiger partial charge in [-0.05, 0) is 31.7 Å². The lowest BCUT2D eigenvalue weighted by Crippen LogP contribution is -2.09. The number of aryl methyl sites for hydroxylation is 3. The smallest absolute Gasteiger partial charge is 0.296 e. The molecule has 0 aliphatic heterocycles. The molecule has 1 aromatic heterocycles. The van der Waals surface area contributed by atoms with Gasteiger partial charge in [0.2, 0.25) is 0 Å². The van der Waals surface area contributed by atoms with E-state index in [0.29, 0.717) is 12.2 Å². The van der Waals surface area contributed by atoms with Gasteiger partial charge in [-0.1, -0.05) is 29.8 Å². The zero-order valence-corrected chi connectivity index (χ0v) is 13.2. The Balaban J connectivity index is 1.82. The summed E-state index contributed by atoms with van der Waals surface area (Å²) < 4.78 is 24.8. The summed E-state index contributed by atoms with van der Waals surface area (Å²) in [4.78, 5) is 0. The molecule has 5 nitrogen and oxygen atoms in total. The minimum absolute atomic E-state index is 0.120. The highest BCUT2D eigenvalue weighted by Crippen LogP contribution is 2.38. The molecule has 7 heteroatoms. The van der Waals surface area contributed by atoms with Crippen molar-refractivity contribution < 1.29 is 8.42 Å². The van der Waals surface area contributed by atoms with E-state index < -0.39 is 9.05 Å². The summed E-state index contributed by atoms with van der Waals surface area (Å²) in [7, 11) is 1.59. The number of hydrogen-bond donors (Lipinski definition) is 0. The van der Waals surface area contributed by atoms with Crippen LogP contribution in [0.15, 0.2) is 29.4 Å². The number of hydrogen-bond acceptors (Lipinski definition) is 4. The standard InChI is InChI=1S/C14H16ClN3O2S/c1-10-2-4-11(5-3-10)6-9-13-16-17-14(21(15,19)20)18(13)12-7-8-12/h2-5,12H,6-9H2,1H3. The van der Waals surface area contributed by atoms with Crippen LogP contribution in [0.3, 0.4) is 0 Å². The summed E-state index contributed by atoms with van der Waals surface area (Å²) in [5.41, 5.74) is 2.41. The lowest BCUT2D eigenvalue weighted by atomic mass is 10.1. The van der Waals surface area contributed by atoms with Gasteiger partial charge >= 0.3 is 0 Å². The van der Waals surface area contributed by atoms with E-state index in [-0.39, 0.29) is 11.2 Å². The summed E-state index contributed by atoms with van der Waals surface area (Å²) in [6, 6.07) is 8.46. The minimum Gasteiger partial charge on any atom is -0.298 e. The Bertz CT molecular complexity index is 749. The van der Waals surface area contributed by atoms with Gasteiger partial charge in [-0.2, -0.15) is 0 Å². The molecule has 0 bridgehead atoms. The zero-order valence-electron chi connectivity index (χ0n) is 11.7. The maximum atomic E-state index is 11.6. The third-order valence-corrected chi connectivity index (χ3v) is 4.75. The quantitative estimate of drug-likeness (QED) is 0.793. The number of halogens is 1. The van der Waals surface area contributed by atoms with Crippen molar-refractivity contribution in [1.82, 2.24) is 14.8 Å². The van der Waals surface area contributed by atoms with Gasteiger partial charge in [-0.3, -0.25) is 4.57 Å². The van der Waals surface area contributed by atoms with Crippen LogP contribution < -0.4 is 0 Å². The monoisotopic (exact) mass is 325 g/mol. The molecule has 0 atom stereocenters. The first-order chi connectivity index (χ1) is 9.95. The molecule has 1 heterocycles. The Hall–Kier alpha value is -1.40. The molecule has 0 unspecified atom stereocenters. The third-order valence-electron chi connectivity index (χ3n) is 3.62. The van der Waals surface area contributed by atoms with Crippen LogP contribution in [0.5, 0.6) is 0 Å². The van der Waals surface area contributed by atoms with Crippen LogP contribution in [-0.2, 0) is 21.9 Å². The molecule has 112 valence electrons. The van der Waals surface area contributed by atoms with Gasteiger partial charge in [-0.15, -0.1) is 10.2 Å². The first-order valence-corrected chi connectivity index (χ1v) is 9.20. The maximum absolute atomic E-state index is 11.6. The predicted molar refractivity (Wildman–Crippen MR) is 79.9 cm³/mol. The van der Waals surface area contributed by atoms with E-state index >= 15 is 0 Å². The molecule has 21 heavy (non-hydrogen) atoms. The van der Waals surface area contributed by atoms with Crippen LogP contribution in [0, 0.1) is 6.92 Å². The summed E-state index contributed by atoms with van der Waals surface area (Å²) in [6.45, 7) is 2.05. The minimum atomic E-state index is -3.84. The van der Waals surface area contributed by atoms with Crippen molar-refractivity contribution in [2.75, 3.05) is 0 Å². The second-order valence-corrected chi connectivity index (χ2v) is 7.88. The largest absolute Gasteiger partial charge is 0.298 e. The molecule has 1 aliphatic carbocycles. The van der Waals surface area contributed by atoms with Gasteiger partial charge in [0.05, 0.1) is 0 Å². The van der Waals surface area contributed by atoms with Crippen LogP contribution in [0.4, 0.5) is 0 Å². The van der Waals surface area contributed by atoms with Crippen molar-refractivity contribution in [1.29, 1.82) is 0 Å². The predicted octanol–water partition coefficient (Wildman–Crippen LogP) is 2.63. The highest BCUT2D eigenvalue weighted by atomic mass is 35.7. The first kappa shape index (κ1) is 14.5. The lowest BCUT2D eigenvalue weighted by molar-refractivity contribution is 0.568. The van der Waals surface area contributed by atoms with E-state index in [1.54, 1.807) is 4.57 Å². The second kappa shape index (κ2) is 5.42. The van der Waals surface area contributed by atoms with E-state index in [4.69, 9.17) is 10.7 Å². The molecule has 2 aromatic rings. The van der Waals surface area contributed by atoms with Crippen molar-refractivity contribution in [3.63, 3.8) is 0 Å². The lowest BCUT2D eigenvalue weighted by Gasteiger charge is -2.07. The van der Waals surface area contributed by atoms with Gasteiger partial charge < -0.3 is 0 Å². The van der Waals surface area contributed by atoms with Crippen molar-refractivity contribution in [3.8, 4) is 0 Å². The average molecular weight is 326 g/mol. The van der Waals surface area contributed by atoms with Crippen LogP contribution in [0.25, 0.3) is 0 Å². The van der Waals surface area contributed by atoms with Crippen LogP contribution in [-0.4, -0.2) is 23.2 Å². The highest BCUT2D eigenvalue weighted by molar-refractivity contribution is 8.13. The SMILES string of the molecule is Cc1ccc(CCc2nnc(S(=O)(=O)Cl)n2C2CC2)cc1. The third kappa shape index (κ3) is 3.27. The molecule has 1 aromatic carbocycles. The van der Waals surface area contributed by atoms with E-state index in [2.05, 4.69) is 34.5 Å². The van der Waals surface area contributed by atoms with Crippen molar-refractivity contribution in [2.24, 2.45) is 0 Å². The number of nitrogens with zero attached hydrogens (tertiary/aromatic N) is 3. The number of benzene rings is 1. The van der Waals surface area contributed by atoms with Crippen LogP contribution in [0.1, 0.15) is 35.8 Å². The molecule has 1 saturated carbocycles. The fourth-order valence-electron chi connectivity index (χ4n) is 2.35. The first-order valence-electron chi connectivity index (χ1n) is 6.89. The Labute approximate surface area is 128 Å². The number of aromatic nitrogens is 3. The summed E-state index contributed by atoms with van der Waals surface area (Å²) in [5.74, 6) is 0.692. The molecular formula is C14H16ClN3O2S. The van der Waals surface area contributed by atoms with E-state index in [9.17, 15) is 8.42 Å². The van der Waals surface area contributed by atoms with E-state index in [1.807, 2.05) is 6.92 Å². The topological polar surface area (TPSA) is 64.8 Å². The molecule has 0 amide bonds. The molecule has 0 saturated heterocycles. The Kier molecular flexibility index (Phi) is 3.75. The Morgan fingerprint density at radius 2 is 1.86 bits per heavy atom. The molecule has 0 spiro atoms. The maximum Gasteiger partial charge on any atom is 0.296 e. The summed E-state index contributed by atoms with van der Waals surface area (Å²) in [5, 5.41) is 7.67.